The number of aromatic nitrogens is 2. The molecule has 0 saturated heterocycles. The average molecular weight is 355 g/mol. The number of anilines is 1. The van der Waals surface area contributed by atoms with Gasteiger partial charge in [-0.1, -0.05) is 60.7 Å². The molecule has 0 amide bonds. The minimum Gasteiger partial charge on any atom is -0.369 e. The third-order valence-electron chi connectivity index (χ3n) is 4.05. The fourth-order valence-electron chi connectivity index (χ4n) is 2.81. The molecule has 0 spiro atoms. The molecule has 4 N–H and O–H groups in total. The maximum Gasteiger partial charge on any atom is 0.252 e. The number of hydrogen-bond acceptors (Lipinski definition) is 3. The van der Waals surface area contributed by atoms with Gasteiger partial charge in [0, 0.05) is 17.3 Å². The average Bonchev–Trinajstić information content (AvgIpc) is 2.68. The number of H-pyrrole nitrogens is 1. The smallest absolute Gasteiger partial charge is 0.252 e. The quantitative estimate of drug-likeness (QED) is 0.386. The number of hydrogen-bond donors (Lipinski definition) is 3. The van der Waals surface area contributed by atoms with Crippen LogP contribution in [0.25, 0.3) is 22.0 Å². The molecule has 4 rings (SSSR count). The van der Waals surface area contributed by atoms with E-state index in [2.05, 4.69) is 20.3 Å². The molecular weight excluding hydrogens is 338 g/mol. The molecule has 0 radical (unpaired) electrons. The van der Waals surface area contributed by atoms with Crippen molar-refractivity contribution in [2.45, 2.75) is 0 Å². The first-order valence-corrected chi connectivity index (χ1v) is 8.44. The summed E-state index contributed by atoms with van der Waals surface area (Å²) in [4.78, 5) is 23.1. The highest BCUT2D eigenvalue weighted by Gasteiger charge is 2.04. The lowest BCUT2D eigenvalue weighted by Gasteiger charge is -2.07. The van der Waals surface area contributed by atoms with Gasteiger partial charge >= 0.3 is 0 Å². The summed E-state index contributed by atoms with van der Waals surface area (Å²) in [7, 11) is 0. The molecule has 1 aromatic heterocycles. The lowest BCUT2D eigenvalue weighted by Crippen LogP contribution is -2.22. The van der Waals surface area contributed by atoms with Crippen LogP contribution in [-0.4, -0.2) is 15.9 Å². The molecule has 6 heteroatoms. The standard InChI is InChI=1S/C21H17N5O/c22-20(23-17-11-10-14-6-4-5-9-16(14)12-17)26-21-24-18(13-19(27)25-21)15-7-2-1-3-8-15/h1-13H,(H4,22,23,24,25,26,27). The van der Waals surface area contributed by atoms with E-state index in [-0.39, 0.29) is 17.5 Å². The van der Waals surface area contributed by atoms with Gasteiger partial charge in [0.1, 0.15) is 0 Å². The summed E-state index contributed by atoms with van der Waals surface area (Å²) in [5, 5.41) is 5.26. The first-order chi connectivity index (χ1) is 13.2. The summed E-state index contributed by atoms with van der Waals surface area (Å²) in [5.41, 5.74) is 7.88. The molecule has 0 bridgehead atoms. The van der Waals surface area contributed by atoms with E-state index in [1.165, 1.54) is 6.07 Å². The van der Waals surface area contributed by atoms with Crippen LogP contribution in [0.15, 0.2) is 88.6 Å². The second kappa shape index (κ2) is 7.13. The van der Waals surface area contributed by atoms with E-state index in [1.807, 2.05) is 72.8 Å². The van der Waals surface area contributed by atoms with E-state index in [9.17, 15) is 4.79 Å². The zero-order valence-electron chi connectivity index (χ0n) is 14.4. The molecule has 132 valence electrons. The van der Waals surface area contributed by atoms with Crippen molar-refractivity contribution in [3.63, 3.8) is 0 Å². The van der Waals surface area contributed by atoms with Crippen LogP contribution >= 0.6 is 0 Å². The molecule has 0 unspecified atom stereocenters. The fraction of sp³-hybridized carbons (Fsp3) is 0. The zero-order chi connectivity index (χ0) is 18.6. The molecule has 0 saturated carbocycles. The predicted octanol–water partition coefficient (Wildman–Crippen LogP) is 3.65. The van der Waals surface area contributed by atoms with Crippen LogP contribution < -0.4 is 16.6 Å². The summed E-state index contributed by atoms with van der Waals surface area (Å²) in [6.45, 7) is 0. The normalized spacial score (nSPS) is 11.5. The van der Waals surface area contributed by atoms with Crippen molar-refractivity contribution in [2.24, 2.45) is 10.7 Å². The minimum atomic E-state index is -0.291. The Labute approximate surface area is 155 Å². The molecule has 4 aromatic rings. The largest absolute Gasteiger partial charge is 0.369 e. The van der Waals surface area contributed by atoms with Gasteiger partial charge < -0.3 is 11.1 Å². The van der Waals surface area contributed by atoms with Crippen LogP contribution in [0.5, 0.6) is 0 Å². The van der Waals surface area contributed by atoms with E-state index in [0.29, 0.717) is 5.69 Å². The number of nitrogens with one attached hydrogen (secondary N) is 2. The van der Waals surface area contributed by atoms with Gasteiger partial charge in [-0.2, -0.15) is 4.99 Å². The predicted molar refractivity (Wildman–Crippen MR) is 109 cm³/mol. The minimum absolute atomic E-state index is 0.138. The van der Waals surface area contributed by atoms with Gasteiger partial charge in [0.2, 0.25) is 11.9 Å². The number of fused-ring (bicyclic) bond motifs is 1. The van der Waals surface area contributed by atoms with Crippen LogP contribution in [0.4, 0.5) is 11.6 Å². The Kier molecular flexibility index (Phi) is 4.37. The first kappa shape index (κ1) is 16.5. The van der Waals surface area contributed by atoms with E-state index in [0.717, 1.165) is 22.0 Å². The number of nitrogens with two attached hydrogens (primary N) is 1. The topological polar surface area (TPSA) is 96.2 Å². The van der Waals surface area contributed by atoms with Gasteiger partial charge in [0.25, 0.3) is 5.56 Å². The SMILES string of the molecule is N/C(=N\c1nc(-c2ccccc2)cc(=O)[nH]1)Nc1ccc2ccccc2c1. The number of aromatic amines is 1. The lowest BCUT2D eigenvalue weighted by atomic mass is 10.1. The highest BCUT2D eigenvalue weighted by atomic mass is 16.1. The van der Waals surface area contributed by atoms with Crippen molar-refractivity contribution in [1.29, 1.82) is 0 Å². The molecule has 3 aromatic carbocycles. The Bertz CT molecular complexity index is 1180. The first-order valence-electron chi connectivity index (χ1n) is 8.44. The van der Waals surface area contributed by atoms with E-state index >= 15 is 0 Å². The van der Waals surface area contributed by atoms with Crippen molar-refractivity contribution < 1.29 is 0 Å². The lowest BCUT2D eigenvalue weighted by molar-refractivity contribution is 1.10. The van der Waals surface area contributed by atoms with Gasteiger partial charge in [-0.25, -0.2) is 4.98 Å². The van der Waals surface area contributed by atoms with Crippen molar-refractivity contribution in [3.05, 3.63) is 89.2 Å². The Morgan fingerprint density at radius 1 is 0.926 bits per heavy atom. The van der Waals surface area contributed by atoms with Crippen LogP contribution in [0.1, 0.15) is 0 Å². The van der Waals surface area contributed by atoms with Gasteiger partial charge in [-0.15, -0.1) is 0 Å². The Morgan fingerprint density at radius 3 is 2.48 bits per heavy atom. The van der Waals surface area contributed by atoms with Crippen LogP contribution in [0.3, 0.4) is 0 Å². The third kappa shape index (κ3) is 3.85. The second-order valence-corrected chi connectivity index (χ2v) is 6.00. The van der Waals surface area contributed by atoms with Crippen molar-refractivity contribution in [3.8, 4) is 11.3 Å². The number of guanidine groups is 1. The summed E-state index contributed by atoms with van der Waals surface area (Å²) >= 11 is 0. The van der Waals surface area contributed by atoms with Crippen LogP contribution in [-0.2, 0) is 0 Å². The molecule has 0 aliphatic heterocycles. The molecular formula is C21H17N5O. The maximum absolute atomic E-state index is 11.9. The molecule has 1 heterocycles. The third-order valence-corrected chi connectivity index (χ3v) is 4.05. The number of rotatable bonds is 3. The van der Waals surface area contributed by atoms with Crippen molar-refractivity contribution >= 4 is 28.4 Å². The Balaban J connectivity index is 1.62. The molecule has 0 fully saturated rings. The fourth-order valence-corrected chi connectivity index (χ4v) is 2.81. The maximum atomic E-state index is 11.9. The number of aliphatic imine (C=N–C) groups is 1. The van der Waals surface area contributed by atoms with Crippen LogP contribution in [0, 0.1) is 0 Å². The Morgan fingerprint density at radius 2 is 1.67 bits per heavy atom. The summed E-state index contributed by atoms with van der Waals surface area (Å²) in [6, 6.07) is 24.8. The highest BCUT2D eigenvalue weighted by molar-refractivity contribution is 5.96. The Hall–Kier alpha value is -3.93. The van der Waals surface area contributed by atoms with Gasteiger partial charge in [-0.05, 0) is 22.9 Å². The van der Waals surface area contributed by atoms with Crippen molar-refractivity contribution in [2.75, 3.05) is 5.32 Å². The van der Waals surface area contributed by atoms with E-state index in [1.54, 1.807) is 0 Å². The van der Waals surface area contributed by atoms with Gasteiger partial charge in [-0.3, -0.25) is 9.78 Å². The van der Waals surface area contributed by atoms with Gasteiger partial charge in [0.05, 0.1) is 5.69 Å². The molecule has 0 aliphatic carbocycles. The molecule has 6 nitrogen and oxygen atoms in total. The van der Waals surface area contributed by atoms with Crippen molar-refractivity contribution in [1.82, 2.24) is 9.97 Å². The summed E-state index contributed by atoms with van der Waals surface area (Å²) in [5.74, 6) is 0.283. The molecule has 27 heavy (non-hydrogen) atoms. The highest BCUT2D eigenvalue weighted by Crippen LogP contribution is 2.19. The summed E-state index contributed by atoms with van der Waals surface area (Å²) < 4.78 is 0. The molecule has 0 atom stereocenters. The molecule has 0 aliphatic rings. The van der Waals surface area contributed by atoms with Crippen LogP contribution in [0.2, 0.25) is 0 Å². The second-order valence-electron chi connectivity index (χ2n) is 6.00. The van der Waals surface area contributed by atoms with Gasteiger partial charge in [0.15, 0.2) is 0 Å². The zero-order valence-corrected chi connectivity index (χ0v) is 14.4. The van der Waals surface area contributed by atoms with E-state index in [4.69, 9.17) is 5.73 Å². The summed E-state index contributed by atoms with van der Waals surface area (Å²) in [6.07, 6.45) is 0. The number of benzene rings is 3. The number of nitrogens with zero attached hydrogens (tertiary/aromatic N) is 2. The monoisotopic (exact) mass is 355 g/mol. The van der Waals surface area contributed by atoms with E-state index < -0.39 is 0 Å².